The molecule has 5 heteroatoms. The van der Waals surface area contributed by atoms with E-state index in [9.17, 15) is 9.59 Å². The highest BCUT2D eigenvalue weighted by molar-refractivity contribution is 7.10. The van der Waals surface area contributed by atoms with Crippen molar-refractivity contribution in [1.82, 2.24) is 9.80 Å². The second-order valence-corrected chi connectivity index (χ2v) is 9.80. The number of rotatable bonds is 6. The Bertz CT molecular complexity index is 883. The number of aryl methyl sites for hydroxylation is 1. The first-order valence-electron chi connectivity index (χ1n) is 10.7. The van der Waals surface area contributed by atoms with E-state index in [4.69, 9.17) is 0 Å². The summed E-state index contributed by atoms with van der Waals surface area (Å²) in [5, 5.41) is 2.13. The minimum Gasteiger partial charge on any atom is -0.330 e. The topological polar surface area (TPSA) is 40.6 Å². The fraction of sp³-hybridized carbons (Fsp3) is 0.500. The SMILES string of the molecule is Cc1ccc(C2c3ccsc3CCN2C(=O)CN(C(=O)CC(C)C)C2CC2)cc1. The van der Waals surface area contributed by atoms with Gasteiger partial charge in [-0.05, 0) is 54.7 Å². The Kier molecular flexibility index (Phi) is 5.77. The van der Waals surface area contributed by atoms with E-state index in [1.54, 1.807) is 11.3 Å². The van der Waals surface area contributed by atoms with E-state index >= 15 is 0 Å². The highest BCUT2D eigenvalue weighted by Gasteiger charge is 2.38. The maximum absolute atomic E-state index is 13.4. The van der Waals surface area contributed by atoms with Gasteiger partial charge in [0.05, 0.1) is 6.04 Å². The zero-order chi connectivity index (χ0) is 20.5. The van der Waals surface area contributed by atoms with Crippen molar-refractivity contribution in [3.63, 3.8) is 0 Å². The van der Waals surface area contributed by atoms with Crippen molar-refractivity contribution >= 4 is 23.2 Å². The highest BCUT2D eigenvalue weighted by Crippen LogP contribution is 2.38. The van der Waals surface area contributed by atoms with Crippen molar-refractivity contribution < 1.29 is 9.59 Å². The van der Waals surface area contributed by atoms with Gasteiger partial charge >= 0.3 is 0 Å². The predicted octanol–water partition coefficient (Wildman–Crippen LogP) is 4.57. The maximum Gasteiger partial charge on any atom is 0.243 e. The van der Waals surface area contributed by atoms with Gasteiger partial charge in [0.2, 0.25) is 11.8 Å². The number of carbonyl (C=O) groups is 2. The summed E-state index contributed by atoms with van der Waals surface area (Å²) in [6.07, 6.45) is 3.45. The molecule has 0 bridgehead atoms. The summed E-state index contributed by atoms with van der Waals surface area (Å²) in [6.45, 7) is 7.11. The molecule has 4 rings (SSSR count). The molecule has 0 spiro atoms. The Hall–Kier alpha value is -2.14. The minimum absolute atomic E-state index is 0.0562. The molecule has 29 heavy (non-hydrogen) atoms. The van der Waals surface area contributed by atoms with E-state index in [0.29, 0.717) is 18.9 Å². The molecule has 2 amide bonds. The summed E-state index contributed by atoms with van der Waals surface area (Å²) in [5.41, 5.74) is 3.60. The standard InChI is InChI=1S/C24H30N2O2S/c1-16(2)14-22(27)26(19-8-9-19)15-23(28)25-12-10-21-20(11-13-29-21)24(25)18-6-4-17(3)5-7-18/h4-7,11,13,16,19,24H,8-10,12,14-15H2,1-3H3. The average Bonchev–Trinajstić information content (AvgIpc) is 3.41. The van der Waals surface area contributed by atoms with Gasteiger partial charge in [-0.25, -0.2) is 0 Å². The van der Waals surface area contributed by atoms with Crippen LogP contribution < -0.4 is 0 Å². The number of amides is 2. The van der Waals surface area contributed by atoms with Gasteiger partial charge in [-0.15, -0.1) is 11.3 Å². The van der Waals surface area contributed by atoms with E-state index in [0.717, 1.165) is 24.8 Å². The van der Waals surface area contributed by atoms with Gasteiger partial charge < -0.3 is 9.80 Å². The summed E-state index contributed by atoms with van der Waals surface area (Å²) in [5.74, 6) is 0.495. The molecule has 1 unspecified atom stereocenters. The Morgan fingerprint density at radius 1 is 1.17 bits per heavy atom. The largest absolute Gasteiger partial charge is 0.330 e. The quantitative estimate of drug-likeness (QED) is 0.700. The van der Waals surface area contributed by atoms with E-state index in [-0.39, 0.29) is 30.4 Å². The van der Waals surface area contributed by atoms with Crippen LogP contribution in [-0.2, 0) is 16.0 Å². The number of fused-ring (bicyclic) bond motifs is 1. The van der Waals surface area contributed by atoms with E-state index < -0.39 is 0 Å². The van der Waals surface area contributed by atoms with E-state index in [1.165, 1.54) is 16.0 Å². The molecule has 1 fully saturated rings. The molecule has 2 aromatic rings. The fourth-order valence-electron chi connectivity index (χ4n) is 4.20. The first-order chi connectivity index (χ1) is 13.9. The second-order valence-electron chi connectivity index (χ2n) is 8.80. The molecule has 1 aliphatic carbocycles. The summed E-state index contributed by atoms with van der Waals surface area (Å²) >= 11 is 1.78. The molecule has 2 heterocycles. The normalized spacial score (nSPS) is 18.6. The van der Waals surface area contributed by atoms with Crippen LogP contribution in [0.5, 0.6) is 0 Å². The Morgan fingerprint density at radius 3 is 2.55 bits per heavy atom. The van der Waals surface area contributed by atoms with Gasteiger partial charge in [0, 0.05) is 23.9 Å². The molecule has 1 aromatic heterocycles. The van der Waals surface area contributed by atoms with Crippen LogP contribution in [0.3, 0.4) is 0 Å². The Balaban J connectivity index is 1.59. The Morgan fingerprint density at radius 2 is 1.90 bits per heavy atom. The summed E-state index contributed by atoms with van der Waals surface area (Å²) in [4.78, 5) is 31.4. The van der Waals surface area contributed by atoms with Crippen molar-refractivity contribution in [2.45, 2.75) is 58.5 Å². The van der Waals surface area contributed by atoms with Gasteiger partial charge in [0.1, 0.15) is 6.54 Å². The molecule has 1 saturated carbocycles. The first kappa shape index (κ1) is 20.1. The van der Waals surface area contributed by atoms with Crippen LogP contribution in [0.1, 0.15) is 60.7 Å². The molecule has 0 N–H and O–H groups in total. The third-order valence-corrected chi connectivity index (χ3v) is 6.87. The zero-order valence-electron chi connectivity index (χ0n) is 17.6. The fourth-order valence-corrected chi connectivity index (χ4v) is 5.11. The molecule has 0 radical (unpaired) electrons. The van der Waals surface area contributed by atoms with Gasteiger partial charge in [0.15, 0.2) is 0 Å². The molecule has 2 aliphatic rings. The van der Waals surface area contributed by atoms with Crippen molar-refractivity contribution in [3.05, 3.63) is 57.3 Å². The zero-order valence-corrected chi connectivity index (χ0v) is 18.4. The molecule has 1 atom stereocenters. The van der Waals surface area contributed by atoms with Crippen molar-refractivity contribution in [1.29, 1.82) is 0 Å². The van der Waals surface area contributed by atoms with Gasteiger partial charge in [0.25, 0.3) is 0 Å². The monoisotopic (exact) mass is 410 g/mol. The minimum atomic E-state index is -0.0562. The smallest absolute Gasteiger partial charge is 0.243 e. The predicted molar refractivity (Wildman–Crippen MR) is 117 cm³/mol. The maximum atomic E-state index is 13.4. The molecule has 0 saturated heterocycles. The van der Waals surface area contributed by atoms with Crippen molar-refractivity contribution in [2.24, 2.45) is 5.92 Å². The number of hydrogen-bond donors (Lipinski definition) is 0. The lowest BCUT2D eigenvalue weighted by molar-refractivity contribution is -0.142. The summed E-state index contributed by atoms with van der Waals surface area (Å²) in [6, 6.07) is 10.9. The molecule has 154 valence electrons. The molecular weight excluding hydrogens is 380 g/mol. The average molecular weight is 411 g/mol. The van der Waals surface area contributed by atoms with Gasteiger partial charge in [-0.1, -0.05) is 43.7 Å². The van der Waals surface area contributed by atoms with Crippen molar-refractivity contribution in [2.75, 3.05) is 13.1 Å². The second kappa shape index (κ2) is 8.31. The van der Waals surface area contributed by atoms with Gasteiger partial charge in [-0.2, -0.15) is 0 Å². The van der Waals surface area contributed by atoms with Crippen LogP contribution in [-0.4, -0.2) is 40.7 Å². The van der Waals surface area contributed by atoms with Crippen LogP contribution in [0.2, 0.25) is 0 Å². The van der Waals surface area contributed by atoms with Crippen LogP contribution in [0.15, 0.2) is 35.7 Å². The number of nitrogens with zero attached hydrogens (tertiary/aromatic N) is 2. The van der Waals surface area contributed by atoms with E-state index in [2.05, 4.69) is 56.5 Å². The third kappa shape index (κ3) is 4.40. The summed E-state index contributed by atoms with van der Waals surface area (Å²) in [7, 11) is 0. The lowest BCUT2D eigenvalue weighted by atomic mass is 9.92. The number of benzene rings is 1. The Labute approximate surface area is 177 Å². The molecule has 1 aliphatic heterocycles. The molecular formula is C24H30N2O2S. The van der Waals surface area contributed by atoms with Gasteiger partial charge in [-0.3, -0.25) is 9.59 Å². The molecule has 4 nitrogen and oxygen atoms in total. The van der Waals surface area contributed by atoms with Crippen LogP contribution in [0.4, 0.5) is 0 Å². The summed E-state index contributed by atoms with van der Waals surface area (Å²) < 4.78 is 0. The van der Waals surface area contributed by atoms with Crippen LogP contribution >= 0.6 is 11.3 Å². The lowest BCUT2D eigenvalue weighted by Crippen LogP contribution is -2.47. The van der Waals surface area contributed by atoms with Crippen molar-refractivity contribution in [3.8, 4) is 0 Å². The van der Waals surface area contributed by atoms with E-state index in [1.807, 2.05) is 9.80 Å². The van der Waals surface area contributed by atoms with Crippen LogP contribution in [0, 0.1) is 12.8 Å². The number of carbonyl (C=O) groups excluding carboxylic acids is 2. The highest BCUT2D eigenvalue weighted by atomic mass is 32.1. The number of thiophene rings is 1. The first-order valence-corrected chi connectivity index (χ1v) is 11.5. The lowest BCUT2D eigenvalue weighted by Gasteiger charge is -2.37. The van der Waals surface area contributed by atoms with Crippen LogP contribution in [0.25, 0.3) is 0 Å². The molecule has 1 aromatic carbocycles. The number of hydrogen-bond acceptors (Lipinski definition) is 3. The third-order valence-electron chi connectivity index (χ3n) is 5.88.